The van der Waals surface area contributed by atoms with Gasteiger partial charge in [-0.25, -0.2) is 4.79 Å². The molecule has 4 heteroatoms. The average molecular weight is 290 g/mol. The van der Waals surface area contributed by atoms with E-state index in [1.54, 1.807) is 0 Å². The summed E-state index contributed by atoms with van der Waals surface area (Å²) in [5, 5.41) is 3.00. The molecule has 1 fully saturated rings. The summed E-state index contributed by atoms with van der Waals surface area (Å²) in [7, 11) is 0. The number of hydrogen-bond acceptors (Lipinski definition) is 3. The van der Waals surface area contributed by atoms with Crippen molar-refractivity contribution in [1.82, 2.24) is 10.2 Å². The highest BCUT2D eigenvalue weighted by atomic mass is 16.6. The Bertz CT molecular complexity index is 467. The number of likely N-dealkylation sites (tertiary alicyclic amines) is 1. The molecule has 0 radical (unpaired) electrons. The Labute approximate surface area is 127 Å². The summed E-state index contributed by atoms with van der Waals surface area (Å²) in [5.74, 6) is 0.432. The highest BCUT2D eigenvalue weighted by Gasteiger charge is 2.31. The van der Waals surface area contributed by atoms with Crippen molar-refractivity contribution in [3.05, 3.63) is 35.9 Å². The lowest BCUT2D eigenvalue weighted by Gasteiger charge is -2.23. The van der Waals surface area contributed by atoms with Crippen LogP contribution in [0.4, 0.5) is 4.79 Å². The van der Waals surface area contributed by atoms with Gasteiger partial charge in [-0.1, -0.05) is 37.3 Å². The first-order valence-corrected chi connectivity index (χ1v) is 7.59. The maximum Gasteiger partial charge on any atom is 0.407 e. The van der Waals surface area contributed by atoms with E-state index in [9.17, 15) is 4.79 Å². The topological polar surface area (TPSA) is 41.6 Å². The Morgan fingerprint density at radius 2 is 1.95 bits per heavy atom. The number of amides is 1. The lowest BCUT2D eigenvalue weighted by Crippen LogP contribution is -2.42. The SMILES string of the molecule is CC1CN(Cc2ccccc2)CC1NC(=O)OC(C)(C)C. The summed E-state index contributed by atoms with van der Waals surface area (Å²) in [4.78, 5) is 14.3. The molecule has 0 bridgehead atoms. The van der Waals surface area contributed by atoms with Crippen molar-refractivity contribution in [2.24, 2.45) is 5.92 Å². The van der Waals surface area contributed by atoms with Crippen LogP contribution in [0.2, 0.25) is 0 Å². The Morgan fingerprint density at radius 3 is 2.57 bits per heavy atom. The summed E-state index contributed by atoms with van der Waals surface area (Å²) < 4.78 is 5.33. The molecular formula is C17H26N2O2. The Morgan fingerprint density at radius 1 is 1.29 bits per heavy atom. The zero-order valence-electron chi connectivity index (χ0n) is 13.4. The third kappa shape index (κ3) is 5.05. The Kier molecular flexibility index (Phi) is 4.88. The number of nitrogens with one attached hydrogen (secondary N) is 1. The van der Waals surface area contributed by atoms with E-state index in [-0.39, 0.29) is 12.1 Å². The molecule has 1 aromatic carbocycles. The number of hydrogen-bond donors (Lipinski definition) is 1. The molecule has 1 aromatic rings. The standard InChI is InChI=1S/C17H26N2O2/c1-13-10-19(11-14-8-6-5-7-9-14)12-15(13)18-16(20)21-17(2,3)4/h5-9,13,15H,10-12H2,1-4H3,(H,18,20). The number of nitrogens with zero attached hydrogens (tertiary/aromatic N) is 1. The summed E-state index contributed by atoms with van der Waals surface area (Å²) in [6, 6.07) is 10.6. The van der Waals surface area contributed by atoms with Crippen molar-refractivity contribution < 1.29 is 9.53 Å². The van der Waals surface area contributed by atoms with E-state index < -0.39 is 5.60 Å². The molecule has 1 aliphatic rings. The van der Waals surface area contributed by atoms with Gasteiger partial charge in [0.1, 0.15) is 5.60 Å². The second-order valence-electron chi connectivity index (χ2n) is 6.91. The van der Waals surface area contributed by atoms with Gasteiger partial charge in [0.15, 0.2) is 0 Å². The molecule has 1 amide bonds. The average Bonchev–Trinajstić information content (AvgIpc) is 2.68. The lowest BCUT2D eigenvalue weighted by molar-refractivity contribution is 0.0497. The van der Waals surface area contributed by atoms with Crippen LogP contribution in [0.3, 0.4) is 0 Å². The number of rotatable bonds is 3. The first kappa shape index (κ1) is 15.8. The van der Waals surface area contributed by atoms with Crippen molar-refractivity contribution in [2.75, 3.05) is 13.1 Å². The van der Waals surface area contributed by atoms with Crippen LogP contribution in [0.25, 0.3) is 0 Å². The van der Waals surface area contributed by atoms with E-state index in [1.165, 1.54) is 5.56 Å². The van der Waals surface area contributed by atoms with E-state index >= 15 is 0 Å². The predicted octanol–water partition coefficient (Wildman–Crippen LogP) is 3.03. The predicted molar refractivity (Wildman–Crippen MR) is 84.0 cm³/mol. The van der Waals surface area contributed by atoms with Gasteiger partial charge in [-0.3, -0.25) is 4.90 Å². The molecular weight excluding hydrogens is 264 g/mol. The van der Waals surface area contributed by atoms with Crippen molar-refractivity contribution in [1.29, 1.82) is 0 Å². The zero-order valence-corrected chi connectivity index (χ0v) is 13.4. The Hall–Kier alpha value is -1.55. The third-order valence-corrected chi connectivity index (χ3v) is 3.64. The van der Waals surface area contributed by atoms with Gasteiger partial charge in [0.05, 0.1) is 0 Å². The van der Waals surface area contributed by atoms with Crippen LogP contribution in [-0.2, 0) is 11.3 Å². The Balaban J connectivity index is 1.85. The molecule has 1 saturated heterocycles. The van der Waals surface area contributed by atoms with Gasteiger partial charge in [0.25, 0.3) is 0 Å². The van der Waals surface area contributed by atoms with Crippen molar-refractivity contribution in [2.45, 2.75) is 45.9 Å². The number of alkyl carbamates (subject to hydrolysis) is 1. The number of ether oxygens (including phenoxy) is 1. The summed E-state index contributed by atoms with van der Waals surface area (Å²) in [6.07, 6.45) is -0.319. The highest BCUT2D eigenvalue weighted by Crippen LogP contribution is 2.19. The van der Waals surface area contributed by atoms with Crippen molar-refractivity contribution in [3.8, 4) is 0 Å². The minimum absolute atomic E-state index is 0.156. The van der Waals surface area contributed by atoms with E-state index in [0.717, 1.165) is 19.6 Å². The molecule has 1 heterocycles. The normalized spacial score (nSPS) is 23.0. The summed E-state index contributed by atoms with van der Waals surface area (Å²) in [6.45, 7) is 10.6. The van der Waals surface area contributed by atoms with Gasteiger partial charge in [-0.15, -0.1) is 0 Å². The fourth-order valence-corrected chi connectivity index (χ4v) is 2.68. The molecule has 0 aliphatic carbocycles. The zero-order chi connectivity index (χ0) is 15.5. The van der Waals surface area contributed by atoms with E-state index in [4.69, 9.17) is 4.74 Å². The molecule has 1 N–H and O–H groups in total. The largest absolute Gasteiger partial charge is 0.444 e. The maximum absolute atomic E-state index is 11.9. The maximum atomic E-state index is 11.9. The molecule has 0 aromatic heterocycles. The van der Waals surface area contributed by atoms with E-state index in [0.29, 0.717) is 5.92 Å². The number of carbonyl (C=O) groups is 1. The van der Waals surface area contributed by atoms with Crippen molar-refractivity contribution >= 4 is 6.09 Å². The molecule has 2 atom stereocenters. The van der Waals surface area contributed by atoms with Crippen LogP contribution < -0.4 is 5.32 Å². The van der Waals surface area contributed by atoms with E-state index in [2.05, 4.69) is 41.4 Å². The fraction of sp³-hybridized carbons (Fsp3) is 0.588. The number of carbonyl (C=O) groups excluding carboxylic acids is 1. The monoisotopic (exact) mass is 290 g/mol. The smallest absolute Gasteiger partial charge is 0.407 e. The first-order chi connectivity index (χ1) is 9.83. The quantitative estimate of drug-likeness (QED) is 0.930. The fourth-order valence-electron chi connectivity index (χ4n) is 2.68. The molecule has 0 saturated carbocycles. The van der Waals surface area contributed by atoms with Gasteiger partial charge < -0.3 is 10.1 Å². The van der Waals surface area contributed by atoms with Gasteiger partial charge in [-0.05, 0) is 32.3 Å². The highest BCUT2D eigenvalue weighted by molar-refractivity contribution is 5.68. The number of benzene rings is 1. The van der Waals surface area contributed by atoms with Gasteiger partial charge in [0, 0.05) is 25.7 Å². The second-order valence-corrected chi connectivity index (χ2v) is 6.91. The van der Waals surface area contributed by atoms with Crippen LogP contribution in [-0.4, -0.2) is 35.7 Å². The molecule has 116 valence electrons. The third-order valence-electron chi connectivity index (χ3n) is 3.64. The second kappa shape index (κ2) is 6.48. The van der Waals surface area contributed by atoms with Crippen LogP contribution in [0.15, 0.2) is 30.3 Å². The minimum atomic E-state index is -0.449. The lowest BCUT2D eigenvalue weighted by atomic mass is 10.1. The molecule has 2 rings (SSSR count). The van der Waals surface area contributed by atoms with E-state index in [1.807, 2.05) is 26.8 Å². The molecule has 1 aliphatic heterocycles. The van der Waals surface area contributed by atoms with Crippen LogP contribution in [0, 0.1) is 5.92 Å². The van der Waals surface area contributed by atoms with Crippen LogP contribution >= 0.6 is 0 Å². The molecule has 4 nitrogen and oxygen atoms in total. The van der Waals surface area contributed by atoms with Crippen LogP contribution in [0.5, 0.6) is 0 Å². The molecule has 2 unspecified atom stereocenters. The summed E-state index contributed by atoms with van der Waals surface area (Å²) >= 11 is 0. The van der Waals surface area contributed by atoms with Gasteiger partial charge in [-0.2, -0.15) is 0 Å². The first-order valence-electron chi connectivity index (χ1n) is 7.59. The van der Waals surface area contributed by atoms with Crippen molar-refractivity contribution in [3.63, 3.8) is 0 Å². The minimum Gasteiger partial charge on any atom is -0.444 e. The van der Waals surface area contributed by atoms with Gasteiger partial charge >= 0.3 is 6.09 Å². The molecule has 0 spiro atoms. The summed E-state index contributed by atoms with van der Waals surface area (Å²) in [5.41, 5.74) is 0.859. The van der Waals surface area contributed by atoms with Crippen LogP contribution in [0.1, 0.15) is 33.3 Å². The van der Waals surface area contributed by atoms with Gasteiger partial charge in [0.2, 0.25) is 0 Å². The molecule has 21 heavy (non-hydrogen) atoms.